The van der Waals surface area contributed by atoms with E-state index in [9.17, 15) is 9.59 Å². The van der Waals surface area contributed by atoms with Gasteiger partial charge >= 0.3 is 0 Å². The van der Waals surface area contributed by atoms with E-state index in [0.717, 1.165) is 0 Å². The number of aromatic nitrogens is 2. The highest BCUT2D eigenvalue weighted by atomic mass is 35.5. The Morgan fingerprint density at radius 2 is 1.86 bits per heavy atom. The van der Waals surface area contributed by atoms with E-state index in [-0.39, 0.29) is 11.3 Å². The number of aryl methyl sites for hydroxylation is 1. The maximum Gasteiger partial charge on any atom is 0.225 e. The van der Waals surface area contributed by atoms with Gasteiger partial charge in [0.05, 0.1) is 18.4 Å². The highest BCUT2D eigenvalue weighted by molar-refractivity contribution is 6.30. The first-order valence-corrected chi connectivity index (χ1v) is 9.67. The normalized spacial score (nSPS) is 10.6. The van der Waals surface area contributed by atoms with Gasteiger partial charge in [-0.2, -0.15) is 5.10 Å². The van der Waals surface area contributed by atoms with Crippen molar-refractivity contribution in [1.29, 1.82) is 0 Å². The molecule has 0 bridgehead atoms. The first-order chi connectivity index (χ1) is 14.0. The average molecular weight is 412 g/mol. The monoisotopic (exact) mass is 411 g/mol. The van der Waals surface area contributed by atoms with Crippen LogP contribution in [-0.4, -0.2) is 22.8 Å². The van der Waals surface area contributed by atoms with Crippen LogP contribution in [0.5, 0.6) is 5.75 Å². The molecule has 3 aromatic rings. The molecule has 6 nitrogen and oxygen atoms in total. The van der Waals surface area contributed by atoms with Crippen molar-refractivity contribution in [3.05, 3.63) is 69.5 Å². The number of methoxy groups -OCH3 is 1. The number of hydrogen-bond donors (Lipinski definition) is 1. The van der Waals surface area contributed by atoms with Crippen LogP contribution in [0.3, 0.4) is 0 Å². The van der Waals surface area contributed by atoms with E-state index in [1.54, 1.807) is 55.1 Å². The number of benzene rings is 2. The number of rotatable bonds is 6. The molecule has 0 saturated carbocycles. The fourth-order valence-electron chi connectivity index (χ4n) is 3.05. The highest BCUT2D eigenvalue weighted by Gasteiger charge is 2.22. The summed E-state index contributed by atoms with van der Waals surface area (Å²) in [5, 5.41) is 7.89. The van der Waals surface area contributed by atoms with Gasteiger partial charge in [-0.25, -0.2) is 4.68 Å². The van der Waals surface area contributed by atoms with Gasteiger partial charge in [0.2, 0.25) is 11.3 Å². The second-order valence-electron chi connectivity index (χ2n) is 6.52. The number of hydrogen-bond acceptors (Lipinski definition) is 4. The summed E-state index contributed by atoms with van der Waals surface area (Å²) in [5.74, 6) is 0.631. The minimum Gasteiger partial charge on any atom is -0.496 e. The summed E-state index contributed by atoms with van der Waals surface area (Å²) in [7, 11) is 1.54. The number of ether oxygens (including phenoxy) is 1. The van der Waals surface area contributed by atoms with Gasteiger partial charge in [-0.3, -0.25) is 9.59 Å². The topological polar surface area (TPSA) is 73.2 Å². The number of carbonyl (C=O) groups is 1. The van der Waals surface area contributed by atoms with Gasteiger partial charge in [-0.1, -0.05) is 36.7 Å². The molecule has 1 amide bonds. The van der Waals surface area contributed by atoms with E-state index < -0.39 is 0 Å². The minimum absolute atomic E-state index is 0.198. The Morgan fingerprint density at radius 1 is 1.17 bits per heavy atom. The Kier molecular flexibility index (Phi) is 6.34. The summed E-state index contributed by atoms with van der Waals surface area (Å²) in [6.45, 7) is 3.56. The van der Waals surface area contributed by atoms with Crippen LogP contribution in [0.4, 0.5) is 5.82 Å². The van der Waals surface area contributed by atoms with Crippen LogP contribution in [0.15, 0.2) is 53.3 Å². The highest BCUT2D eigenvalue weighted by Crippen LogP contribution is 2.33. The molecular formula is C22H22ClN3O3. The summed E-state index contributed by atoms with van der Waals surface area (Å²) in [6, 6.07) is 14.2. The van der Waals surface area contributed by atoms with Crippen LogP contribution in [0.25, 0.3) is 16.8 Å². The zero-order valence-corrected chi connectivity index (χ0v) is 17.3. The van der Waals surface area contributed by atoms with Gasteiger partial charge in [0.15, 0.2) is 0 Å². The summed E-state index contributed by atoms with van der Waals surface area (Å²) < 4.78 is 7.02. The molecule has 0 aliphatic rings. The lowest BCUT2D eigenvalue weighted by Crippen LogP contribution is -2.24. The largest absolute Gasteiger partial charge is 0.496 e. The quantitative estimate of drug-likeness (QED) is 0.642. The Bertz CT molecular complexity index is 1090. The Balaban J connectivity index is 2.34. The van der Waals surface area contributed by atoms with E-state index in [0.29, 0.717) is 51.9 Å². The van der Waals surface area contributed by atoms with Crippen molar-refractivity contribution in [1.82, 2.24) is 9.78 Å². The number of carbonyl (C=O) groups excluding carboxylic acids is 1. The van der Waals surface area contributed by atoms with Crippen molar-refractivity contribution in [3.8, 4) is 22.6 Å². The molecule has 29 heavy (non-hydrogen) atoms. The minimum atomic E-state index is -0.272. The lowest BCUT2D eigenvalue weighted by Gasteiger charge is -2.19. The summed E-state index contributed by atoms with van der Waals surface area (Å²) in [5.41, 5.74) is 1.61. The summed E-state index contributed by atoms with van der Waals surface area (Å²) in [6.07, 6.45) is 1.01. The molecule has 0 fully saturated rings. The van der Waals surface area contributed by atoms with E-state index in [2.05, 4.69) is 10.4 Å². The number of nitrogens with one attached hydrogen (secondary N) is 1. The van der Waals surface area contributed by atoms with Crippen molar-refractivity contribution in [2.75, 3.05) is 12.4 Å². The predicted octanol–water partition coefficient (Wildman–Crippen LogP) is 4.61. The lowest BCUT2D eigenvalue weighted by molar-refractivity contribution is -0.116. The zero-order chi connectivity index (χ0) is 21.0. The van der Waals surface area contributed by atoms with Crippen molar-refractivity contribution >= 4 is 23.3 Å². The third kappa shape index (κ3) is 4.32. The molecule has 2 aromatic carbocycles. The van der Waals surface area contributed by atoms with E-state index in [1.807, 2.05) is 19.1 Å². The molecule has 3 rings (SSSR count). The first-order valence-electron chi connectivity index (χ1n) is 9.29. The standard InChI is InChI=1S/C22H22ClN3O3/c1-4-7-19(27)24-22-20(17-8-5-6-9-18(17)29-3)21(28)14(2)25-26(22)16-12-10-15(23)11-13-16/h5-6,8-13H,4,7H2,1-3H3,(H,24,27). The fraction of sp³-hybridized carbons (Fsp3) is 0.227. The first kappa shape index (κ1) is 20.6. The van der Waals surface area contributed by atoms with Crippen molar-refractivity contribution in [2.45, 2.75) is 26.7 Å². The fourth-order valence-corrected chi connectivity index (χ4v) is 3.17. The molecule has 1 heterocycles. The molecule has 150 valence electrons. The maximum absolute atomic E-state index is 13.1. The van der Waals surface area contributed by atoms with Crippen LogP contribution >= 0.6 is 11.6 Å². The van der Waals surface area contributed by atoms with Gasteiger partial charge in [0.25, 0.3) is 0 Å². The van der Waals surface area contributed by atoms with Crippen molar-refractivity contribution in [3.63, 3.8) is 0 Å². The number of halogens is 1. The smallest absolute Gasteiger partial charge is 0.225 e. The van der Waals surface area contributed by atoms with Gasteiger partial charge in [0, 0.05) is 17.0 Å². The van der Waals surface area contributed by atoms with E-state index in [1.165, 1.54) is 0 Å². The molecular weight excluding hydrogens is 390 g/mol. The van der Waals surface area contributed by atoms with E-state index >= 15 is 0 Å². The Morgan fingerprint density at radius 3 is 2.52 bits per heavy atom. The summed E-state index contributed by atoms with van der Waals surface area (Å²) in [4.78, 5) is 25.6. The van der Waals surface area contributed by atoms with E-state index in [4.69, 9.17) is 16.3 Å². The average Bonchev–Trinajstić information content (AvgIpc) is 2.72. The van der Waals surface area contributed by atoms with Gasteiger partial charge < -0.3 is 10.1 Å². The second kappa shape index (κ2) is 8.92. The number of amides is 1. The van der Waals surface area contributed by atoms with Crippen LogP contribution in [-0.2, 0) is 4.79 Å². The van der Waals surface area contributed by atoms with Crippen molar-refractivity contribution in [2.24, 2.45) is 0 Å². The lowest BCUT2D eigenvalue weighted by atomic mass is 10.0. The molecule has 0 radical (unpaired) electrons. The molecule has 0 spiro atoms. The molecule has 1 N–H and O–H groups in total. The number of para-hydroxylation sites is 1. The second-order valence-corrected chi connectivity index (χ2v) is 6.96. The predicted molar refractivity (Wildman–Crippen MR) is 115 cm³/mol. The van der Waals surface area contributed by atoms with Crippen LogP contribution in [0.2, 0.25) is 5.02 Å². The molecule has 0 aliphatic carbocycles. The van der Waals surface area contributed by atoms with Gasteiger partial charge in [-0.15, -0.1) is 0 Å². The molecule has 0 saturated heterocycles. The van der Waals surface area contributed by atoms with Crippen LogP contribution < -0.4 is 15.5 Å². The number of nitrogens with zero attached hydrogens (tertiary/aromatic N) is 2. The Labute approximate surface area is 174 Å². The van der Waals surface area contributed by atoms with Crippen LogP contribution in [0, 0.1) is 6.92 Å². The Hall–Kier alpha value is -3.12. The molecule has 0 atom stereocenters. The van der Waals surface area contributed by atoms with Crippen molar-refractivity contribution < 1.29 is 9.53 Å². The molecule has 7 heteroatoms. The molecule has 0 aliphatic heterocycles. The molecule has 0 unspecified atom stereocenters. The summed E-state index contributed by atoms with van der Waals surface area (Å²) >= 11 is 6.02. The SMILES string of the molecule is CCCC(=O)Nc1c(-c2ccccc2OC)c(=O)c(C)nn1-c1ccc(Cl)cc1. The van der Waals surface area contributed by atoms with Gasteiger partial charge in [0.1, 0.15) is 17.3 Å². The van der Waals surface area contributed by atoms with Crippen LogP contribution in [0.1, 0.15) is 25.5 Å². The maximum atomic E-state index is 13.1. The third-order valence-corrected chi connectivity index (χ3v) is 4.69. The molecule has 1 aromatic heterocycles. The zero-order valence-electron chi connectivity index (χ0n) is 16.5. The third-order valence-electron chi connectivity index (χ3n) is 4.44. The number of anilines is 1. The van der Waals surface area contributed by atoms with Gasteiger partial charge in [-0.05, 0) is 43.7 Å².